The number of nitrogens with zero attached hydrogens (tertiary/aromatic N) is 3. The van der Waals surface area contributed by atoms with Crippen LogP contribution in [-0.4, -0.2) is 74.0 Å². The molecule has 1 aliphatic rings. The highest BCUT2D eigenvalue weighted by Crippen LogP contribution is 2.16. The molecule has 7 heteroatoms. The number of rotatable bonds is 7. The van der Waals surface area contributed by atoms with E-state index >= 15 is 0 Å². The van der Waals surface area contributed by atoms with Crippen molar-refractivity contribution >= 4 is 35.8 Å². The molecular weight excluding hydrogens is 465 g/mol. The monoisotopic (exact) mass is 501 g/mol. The molecule has 1 aromatic carbocycles. The van der Waals surface area contributed by atoms with Crippen LogP contribution in [0.3, 0.4) is 0 Å². The van der Waals surface area contributed by atoms with Gasteiger partial charge in [-0.15, -0.1) is 24.0 Å². The first-order chi connectivity index (χ1) is 13.0. The van der Waals surface area contributed by atoms with E-state index in [4.69, 9.17) is 4.99 Å². The maximum Gasteiger partial charge on any atom is 0.219 e. The molecule has 158 valence electrons. The van der Waals surface area contributed by atoms with Crippen LogP contribution in [0.25, 0.3) is 0 Å². The predicted molar refractivity (Wildman–Crippen MR) is 128 cm³/mol. The SMILES string of the molecule is CCNC(=NCC(C)c1cccc(C)c1)NCCN1CCN(C(C)=O)CC1.I. The van der Waals surface area contributed by atoms with E-state index in [1.165, 1.54) is 11.1 Å². The number of carbonyl (C=O) groups excluding carboxylic acids is 1. The summed E-state index contributed by atoms with van der Waals surface area (Å²) in [6.07, 6.45) is 0. The minimum atomic E-state index is 0. The topological polar surface area (TPSA) is 60.0 Å². The summed E-state index contributed by atoms with van der Waals surface area (Å²) >= 11 is 0. The molecule has 0 bridgehead atoms. The van der Waals surface area contributed by atoms with Crippen LogP contribution in [0.15, 0.2) is 29.3 Å². The molecule has 0 radical (unpaired) electrons. The zero-order valence-electron chi connectivity index (χ0n) is 17.7. The summed E-state index contributed by atoms with van der Waals surface area (Å²) in [7, 11) is 0. The van der Waals surface area contributed by atoms with Crippen LogP contribution >= 0.6 is 24.0 Å². The van der Waals surface area contributed by atoms with Gasteiger partial charge in [-0.2, -0.15) is 0 Å². The van der Waals surface area contributed by atoms with Crippen molar-refractivity contribution in [2.45, 2.75) is 33.6 Å². The van der Waals surface area contributed by atoms with E-state index in [1.54, 1.807) is 6.92 Å². The Hall–Kier alpha value is -1.35. The molecule has 0 aliphatic carbocycles. The average molecular weight is 501 g/mol. The number of amides is 1. The van der Waals surface area contributed by atoms with Gasteiger partial charge in [-0.1, -0.05) is 36.8 Å². The van der Waals surface area contributed by atoms with Crippen molar-refractivity contribution in [3.63, 3.8) is 0 Å². The minimum Gasteiger partial charge on any atom is -0.357 e. The van der Waals surface area contributed by atoms with Crippen molar-refractivity contribution in [1.82, 2.24) is 20.4 Å². The Bertz CT molecular complexity index is 629. The number of hydrogen-bond acceptors (Lipinski definition) is 3. The average Bonchev–Trinajstić information content (AvgIpc) is 2.66. The summed E-state index contributed by atoms with van der Waals surface area (Å²) < 4.78 is 0. The minimum absolute atomic E-state index is 0. The molecule has 2 N–H and O–H groups in total. The highest BCUT2D eigenvalue weighted by atomic mass is 127. The molecule has 1 atom stereocenters. The largest absolute Gasteiger partial charge is 0.357 e. The lowest BCUT2D eigenvalue weighted by Gasteiger charge is -2.34. The lowest BCUT2D eigenvalue weighted by molar-refractivity contribution is -0.130. The first-order valence-electron chi connectivity index (χ1n) is 10.1. The van der Waals surface area contributed by atoms with Crippen molar-refractivity contribution in [3.05, 3.63) is 35.4 Å². The third-order valence-electron chi connectivity index (χ3n) is 5.02. The molecular formula is C21H36IN5O. The zero-order chi connectivity index (χ0) is 19.6. The highest BCUT2D eigenvalue weighted by Gasteiger charge is 2.17. The summed E-state index contributed by atoms with van der Waals surface area (Å²) in [5.74, 6) is 1.44. The van der Waals surface area contributed by atoms with Crippen LogP contribution in [0.4, 0.5) is 0 Å². The molecule has 1 heterocycles. The first kappa shape index (κ1) is 24.7. The molecule has 1 aromatic rings. The van der Waals surface area contributed by atoms with Gasteiger partial charge in [0.2, 0.25) is 5.91 Å². The van der Waals surface area contributed by atoms with E-state index in [1.807, 2.05) is 4.90 Å². The van der Waals surface area contributed by atoms with Crippen LogP contribution in [-0.2, 0) is 4.79 Å². The number of piperazine rings is 1. The smallest absolute Gasteiger partial charge is 0.219 e. The molecule has 1 aliphatic heterocycles. The van der Waals surface area contributed by atoms with Crippen LogP contribution in [0, 0.1) is 6.92 Å². The quantitative estimate of drug-likeness (QED) is 0.343. The van der Waals surface area contributed by atoms with Crippen LogP contribution in [0.1, 0.15) is 37.8 Å². The highest BCUT2D eigenvalue weighted by molar-refractivity contribution is 14.0. The van der Waals surface area contributed by atoms with Crippen LogP contribution < -0.4 is 10.6 Å². The number of hydrogen-bond donors (Lipinski definition) is 2. The normalized spacial score (nSPS) is 16.3. The van der Waals surface area contributed by atoms with Crippen LogP contribution in [0.2, 0.25) is 0 Å². The lowest BCUT2D eigenvalue weighted by Crippen LogP contribution is -2.50. The summed E-state index contributed by atoms with van der Waals surface area (Å²) in [5, 5.41) is 6.76. The third kappa shape index (κ3) is 8.34. The van der Waals surface area contributed by atoms with Gasteiger partial charge in [-0.25, -0.2) is 0 Å². The van der Waals surface area contributed by atoms with E-state index in [0.29, 0.717) is 5.92 Å². The number of aliphatic imine (C=N–C) groups is 1. The molecule has 0 saturated carbocycles. The molecule has 0 aromatic heterocycles. The van der Waals surface area contributed by atoms with Gasteiger partial charge in [0.1, 0.15) is 0 Å². The summed E-state index contributed by atoms with van der Waals surface area (Å²) in [6.45, 7) is 15.0. The maximum absolute atomic E-state index is 11.4. The number of benzene rings is 1. The van der Waals surface area contributed by atoms with Gasteiger partial charge in [-0.05, 0) is 19.4 Å². The molecule has 28 heavy (non-hydrogen) atoms. The maximum atomic E-state index is 11.4. The number of nitrogens with one attached hydrogen (secondary N) is 2. The van der Waals surface area contributed by atoms with Gasteiger partial charge in [0.05, 0.1) is 0 Å². The zero-order valence-corrected chi connectivity index (χ0v) is 20.0. The van der Waals surface area contributed by atoms with Gasteiger partial charge >= 0.3 is 0 Å². The summed E-state index contributed by atoms with van der Waals surface area (Å²) in [5.41, 5.74) is 2.62. The molecule has 2 rings (SSSR count). The van der Waals surface area contributed by atoms with Gasteiger partial charge in [-0.3, -0.25) is 14.7 Å². The van der Waals surface area contributed by atoms with E-state index < -0.39 is 0 Å². The Morgan fingerprint density at radius 1 is 1.21 bits per heavy atom. The van der Waals surface area contributed by atoms with E-state index in [2.05, 4.69) is 60.6 Å². The summed E-state index contributed by atoms with van der Waals surface area (Å²) in [4.78, 5) is 20.5. The third-order valence-corrected chi connectivity index (χ3v) is 5.02. The Labute approximate surface area is 187 Å². The Morgan fingerprint density at radius 3 is 2.54 bits per heavy atom. The molecule has 1 unspecified atom stereocenters. The Kier molecular flexibility index (Phi) is 11.4. The Morgan fingerprint density at radius 2 is 1.93 bits per heavy atom. The first-order valence-corrected chi connectivity index (χ1v) is 10.1. The van der Waals surface area contributed by atoms with Crippen molar-refractivity contribution in [1.29, 1.82) is 0 Å². The number of carbonyl (C=O) groups is 1. The fourth-order valence-corrected chi connectivity index (χ4v) is 3.27. The molecule has 6 nitrogen and oxygen atoms in total. The van der Waals surface area contributed by atoms with E-state index in [9.17, 15) is 4.79 Å². The van der Waals surface area contributed by atoms with E-state index in [0.717, 1.165) is 58.3 Å². The van der Waals surface area contributed by atoms with Crippen molar-refractivity contribution in [2.24, 2.45) is 4.99 Å². The summed E-state index contributed by atoms with van der Waals surface area (Å²) in [6, 6.07) is 8.65. The number of guanidine groups is 1. The van der Waals surface area contributed by atoms with Gasteiger partial charge in [0.25, 0.3) is 0 Å². The number of halogens is 1. The Balaban J connectivity index is 0.00000392. The van der Waals surface area contributed by atoms with Gasteiger partial charge in [0.15, 0.2) is 5.96 Å². The fraction of sp³-hybridized carbons (Fsp3) is 0.619. The molecule has 1 saturated heterocycles. The van der Waals surface area contributed by atoms with Crippen molar-refractivity contribution < 1.29 is 4.79 Å². The second-order valence-corrected chi connectivity index (χ2v) is 7.31. The van der Waals surface area contributed by atoms with Crippen LogP contribution in [0.5, 0.6) is 0 Å². The second-order valence-electron chi connectivity index (χ2n) is 7.31. The van der Waals surface area contributed by atoms with Crippen molar-refractivity contribution in [2.75, 3.05) is 52.4 Å². The molecule has 1 amide bonds. The van der Waals surface area contributed by atoms with Gasteiger partial charge < -0.3 is 15.5 Å². The second kappa shape index (κ2) is 13.0. The molecule has 1 fully saturated rings. The van der Waals surface area contributed by atoms with Crippen molar-refractivity contribution in [3.8, 4) is 0 Å². The standard InChI is InChI=1S/C21H35N5O.HI/c1-5-22-21(24-16-18(3)20-8-6-7-17(2)15-20)23-9-10-25-11-13-26(14-12-25)19(4)27;/h6-8,15,18H,5,9-14,16H2,1-4H3,(H2,22,23,24);1H. The molecule has 0 spiro atoms. The fourth-order valence-electron chi connectivity index (χ4n) is 3.27. The van der Waals surface area contributed by atoms with E-state index in [-0.39, 0.29) is 29.9 Å². The lowest BCUT2D eigenvalue weighted by atomic mass is 10.00. The van der Waals surface area contributed by atoms with Gasteiger partial charge in [0, 0.05) is 65.2 Å². The number of aryl methyl sites for hydroxylation is 1. The predicted octanol–water partition coefficient (Wildman–Crippen LogP) is 2.44.